The van der Waals surface area contributed by atoms with E-state index in [1.54, 1.807) is 18.4 Å². The van der Waals surface area contributed by atoms with Crippen LogP contribution >= 0.6 is 11.3 Å². The monoisotopic (exact) mass is 374 g/mol. The molecule has 0 bridgehead atoms. The summed E-state index contributed by atoms with van der Waals surface area (Å²) in [7, 11) is 1.71. The van der Waals surface area contributed by atoms with Gasteiger partial charge < -0.3 is 15.4 Å². The van der Waals surface area contributed by atoms with Crippen molar-refractivity contribution in [2.45, 2.75) is 46.6 Å². The van der Waals surface area contributed by atoms with Crippen molar-refractivity contribution in [1.82, 2.24) is 15.6 Å². The maximum Gasteiger partial charge on any atom is 0.191 e. The van der Waals surface area contributed by atoms with Crippen molar-refractivity contribution >= 4 is 17.3 Å². The molecule has 0 aliphatic rings. The molecule has 0 saturated heterocycles. The van der Waals surface area contributed by atoms with Gasteiger partial charge in [0.2, 0.25) is 0 Å². The number of benzene rings is 1. The highest BCUT2D eigenvalue weighted by molar-refractivity contribution is 7.11. The molecule has 0 amide bonds. The van der Waals surface area contributed by atoms with E-state index < -0.39 is 0 Å². The zero-order valence-electron chi connectivity index (χ0n) is 16.4. The van der Waals surface area contributed by atoms with Crippen LogP contribution in [0, 0.1) is 6.92 Å². The molecule has 1 aromatic carbocycles. The van der Waals surface area contributed by atoms with Crippen molar-refractivity contribution < 1.29 is 4.74 Å². The van der Waals surface area contributed by atoms with Crippen molar-refractivity contribution in [2.75, 3.05) is 20.2 Å². The molecular formula is C20H30N4OS. The summed E-state index contributed by atoms with van der Waals surface area (Å²) in [6.07, 6.45) is 3.88. The number of hydrogen-bond donors (Lipinski definition) is 2. The molecule has 0 saturated carbocycles. The Balaban J connectivity index is 2.03. The summed E-state index contributed by atoms with van der Waals surface area (Å²) in [5.41, 5.74) is 2.34. The van der Waals surface area contributed by atoms with Crippen molar-refractivity contribution in [2.24, 2.45) is 4.99 Å². The Morgan fingerprint density at radius 3 is 2.81 bits per heavy atom. The standard InChI is InChI=1S/C20H30N4OS/c1-6-16-13-23-19(26-16)10-11-22-20(21-7-2)24-15(4)17-12-14(3)8-9-18(17)25-5/h8-9,12-13,15H,6-7,10-11H2,1-5H3,(H2,21,22,24). The van der Waals surface area contributed by atoms with Crippen molar-refractivity contribution in [3.8, 4) is 5.75 Å². The minimum Gasteiger partial charge on any atom is -0.496 e. The molecule has 0 aliphatic carbocycles. The average Bonchev–Trinajstić information content (AvgIpc) is 3.09. The van der Waals surface area contributed by atoms with Crippen LogP contribution in [0.5, 0.6) is 5.75 Å². The van der Waals surface area contributed by atoms with E-state index in [1.165, 1.54) is 10.4 Å². The lowest BCUT2D eigenvalue weighted by Crippen LogP contribution is -2.39. The summed E-state index contributed by atoms with van der Waals surface area (Å²) in [5, 5.41) is 7.95. The van der Waals surface area contributed by atoms with E-state index in [-0.39, 0.29) is 6.04 Å². The van der Waals surface area contributed by atoms with Crippen molar-refractivity contribution in [1.29, 1.82) is 0 Å². The molecule has 142 valence electrons. The molecule has 0 spiro atoms. The molecule has 2 aromatic rings. The Hall–Kier alpha value is -2.08. The first-order valence-corrected chi connectivity index (χ1v) is 10.0. The molecular weight excluding hydrogens is 344 g/mol. The quantitative estimate of drug-likeness (QED) is 0.544. The Morgan fingerprint density at radius 2 is 2.15 bits per heavy atom. The molecule has 1 heterocycles. The molecule has 6 heteroatoms. The number of hydrogen-bond acceptors (Lipinski definition) is 4. The highest BCUT2D eigenvalue weighted by Gasteiger charge is 2.13. The van der Waals surface area contributed by atoms with E-state index in [1.807, 2.05) is 12.3 Å². The fraction of sp³-hybridized carbons (Fsp3) is 0.500. The number of guanidine groups is 1. The Morgan fingerprint density at radius 1 is 1.35 bits per heavy atom. The van der Waals surface area contributed by atoms with Gasteiger partial charge >= 0.3 is 0 Å². The van der Waals surface area contributed by atoms with Gasteiger partial charge in [-0.1, -0.05) is 24.6 Å². The van der Waals surface area contributed by atoms with Gasteiger partial charge in [0, 0.05) is 36.1 Å². The Kier molecular flexibility index (Phi) is 7.91. The topological polar surface area (TPSA) is 58.5 Å². The zero-order valence-corrected chi connectivity index (χ0v) is 17.2. The number of aromatic nitrogens is 1. The van der Waals surface area contributed by atoms with Crippen LogP contribution in [0.1, 0.15) is 47.8 Å². The second-order valence-electron chi connectivity index (χ2n) is 6.20. The second kappa shape index (κ2) is 10.2. The maximum absolute atomic E-state index is 5.51. The van der Waals surface area contributed by atoms with Crippen LogP contribution in [0.3, 0.4) is 0 Å². The maximum atomic E-state index is 5.51. The van der Waals surface area contributed by atoms with E-state index in [0.717, 1.165) is 41.7 Å². The third-order valence-electron chi connectivity index (χ3n) is 4.09. The van der Waals surface area contributed by atoms with E-state index in [0.29, 0.717) is 6.54 Å². The van der Waals surface area contributed by atoms with Crippen LogP contribution in [-0.4, -0.2) is 31.1 Å². The van der Waals surface area contributed by atoms with E-state index in [9.17, 15) is 0 Å². The third kappa shape index (κ3) is 5.73. The molecule has 1 atom stereocenters. The predicted molar refractivity (Wildman–Crippen MR) is 110 cm³/mol. The lowest BCUT2D eigenvalue weighted by Gasteiger charge is -2.20. The first kappa shape index (κ1) is 20.2. The van der Waals surface area contributed by atoms with Gasteiger partial charge in [-0.25, -0.2) is 4.98 Å². The number of nitrogens with one attached hydrogen (secondary N) is 2. The van der Waals surface area contributed by atoms with Gasteiger partial charge in [0.05, 0.1) is 18.2 Å². The highest BCUT2D eigenvalue weighted by Crippen LogP contribution is 2.26. The summed E-state index contributed by atoms with van der Waals surface area (Å²) in [6, 6.07) is 6.32. The van der Waals surface area contributed by atoms with Gasteiger partial charge in [-0.15, -0.1) is 11.3 Å². The van der Waals surface area contributed by atoms with Crippen LogP contribution in [0.15, 0.2) is 29.4 Å². The number of nitrogens with zero attached hydrogens (tertiary/aromatic N) is 2. The minimum atomic E-state index is 0.0919. The number of methoxy groups -OCH3 is 1. The van der Waals surface area contributed by atoms with Crippen LogP contribution in [0.2, 0.25) is 0 Å². The molecule has 0 fully saturated rings. The SMILES string of the molecule is CCNC(=NCCc1ncc(CC)s1)NC(C)c1cc(C)ccc1OC. The van der Waals surface area contributed by atoms with Crippen LogP contribution in [0.25, 0.3) is 0 Å². The highest BCUT2D eigenvalue weighted by atomic mass is 32.1. The molecule has 5 nitrogen and oxygen atoms in total. The number of rotatable bonds is 8. The molecule has 26 heavy (non-hydrogen) atoms. The summed E-state index contributed by atoms with van der Waals surface area (Å²) < 4.78 is 5.51. The lowest BCUT2D eigenvalue weighted by atomic mass is 10.0. The Bertz CT molecular complexity index is 726. The van der Waals surface area contributed by atoms with Gasteiger partial charge in [-0.2, -0.15) is 0 Å². The zero-order chi connectivity index (χ0) is 18.9. The van der Waals surface area contributed by atoms with Gasteiger partial charge in [0.15, 0.2) is 5.96 Å². The average molecular weight is 375 g/mol. The van der Waals surface area contributed by atoms with Gasteiger partial charge in [-0.3, -0.25) is 4.99 Å². The van der Waals surface area contributed by atoms with Gasteiger partial charge in [0.25, 0.3) is 0 Å². The number of thiazole rings is 1. The number of aliphatic imine (C=N–C) groups is 1. The number of ether oxygens (including phenoxy) is 1. The largest absolute Gasteiger partial charge is 0.496 e. The molecule has 0 aliphatic heterocycles. The minimum absolute atomic E-state index is 0.0919. The predicted octanol–water partition coefficient (Wildman–Crippen LogP) is 3.88. The lowest BCUT2D eigenvalue weighted by molar-refractivity contribution is 0.405. The Labute approximate surface area is 160 Å². The normalized spacial score (nSPS) is 12.7. The first-order valence-electron chi connectivity index (χ1n) is 9.20. The summed E-state index contributed by atoms with van der Waals surface area (Å²) in [5.74, 6) is 1.71. The summed E-state index contributed by atoms with van der Waals surface area (Å²) in [6.45, 7) is 9.98. The molecule has 0 radical (unpaired) electrons. The van der Waals surface area contributed by atoms with Gasteiger partial charge in [-0.05, 0) is 33.3 Å². The van der Waals surface area contributed by atoms with E-state index in [4.69, 9.17) is 9.73 Å². The van der Waals surface area contributed by atoms with Crippen LogP contribution < -0.4 is 15.4 Å². The summed E-state index contributed by atoms with van der Waals surface area (Å²) in [4.78, 5) is 10.5. The summed E-state index contributed by atoms with van der Waals surface area (Å²) >= 11 is 1.78. The van der Waals surface area contributed by atoms with Crippen LogP contribution in [0.4, 0.5) is 0 Å². The van der Waals surface area contributed by atoms with Crippen molar-refractivity contribution in [3.05, 3.63) is 45.4 Å². The first-order chi connectivity index (χ1) is 12.6. The molecule has 2 rings (SSSR count). The molecule has 1 unspecified atom stereocenters. The third-order valence-corrected chi connectivity index (χ3v) is 5.30. The number of aryl methyl sites for hydroxylation is 2. The van der Waals surface area contributed by atoms with Crippen molar-refractivity contribution in [3.63, 3.8) is 0 Å². The van der Waals surface area contributed by atoms with E-state index in [2.05, 4.69) is 55.4 Å². The fourth-order valence-corrected chi connectivity index (χ4v) is 3.54. The molecule has 2 N–H and O–H groups in total. The molecule has 1 aromatic heterocycles. The fourth-order valence-electron chi connectivity index (χ4n) is 2.69. The smallest absolute Gasteiger partial charge is 0.191 e. The van der Waals surface area contributed by atoms with E-state index >= 15 is 0 Å². The van der Waals surface area contributed by atoms with Gasteiger partial charge in [0.1, 0.15) is 5.75 Å². The van der Waals surface area contributed by atoms with Crippen LogP contribution in [-0.2, 0) is 12.8 Å². The second-order valence-corrected chi connectivity index (χ2v) is 7.40.